The van der Waals surface area contributed by atoms with Crippen molar-refractivity contribution in [3.05, 3.63) is 11.4 Å². The lowest BCUT2D eigenvalue weighted by Gasteiger charge is -2.11. The van der Waals surface area contributed by atoms with Gasteiger partial charge in [-0.15, -0.1) is 0 Å². The first-order valence-corrected chi connectivity index (χ1v) is 5.84. The molecule has 0 aliphatic carbocycles. The van der Waals surface area contributed by atoms with Crippen LogP contribution >= 0.6 is 0 Å². The summed E-state index contributed by atoms with van der Waals surface area (Å²) in [6.07, 6.45) is 3.47. The van der Waals surface area contributed by atoms with E-state index in [-0.39, 0.29) is 0 Å². The second-order valence-corrected chi connectivity index (χ2v) is 3.86. The molecular formula is C12H21N3O. The van der Waals surface area contributed by atoms with Crippen LogP contribution in [0.25, 0.3) is 0 Å². The van der Waals surface area contributed by atoms with Gasteiger partial charge in [-0.05, 0) is 20.3 Å². The molecular weight excluding hydrogens is 202 g/mol. The number of rotatable bonds is 6. The van der Waals surface area contributed by atoms with Crippen molar-refractivity contribution in [3.8, 4) is 5.88 Å². The maximum atomic E-state index is 5.67. The van der Waals surface area contributed by atoms with Gasteiger partial charge in [0.25, 0.3) is 0 Å². The highest BCUT2D eigenvalue weighted by molar-refractivity contribution is 5.47. The molecule has 1 heterocycles. The average Bonchev–Trinajstić information content (AvgIpc) is 2.28. The third-order valence-electron chi connectivity index (χ3n) is 2.44. The Labute approximate surface area is 97.5 Å². The molecule has 1 N–H and O–H groups in total. The maximum absolute atomic E-state index is 5.67. The Morgan fingerprint density at radius 2 is 1.94 bits per heavy atom. The number of hydrogen-bond donors (Lipinski definition) is 1. The second-order valence-electron chi connectivity index (χ2n) is 3.86. The standard InChI is InChI=1S/C12H21N3O/c1-5-6-7-8-16-12-9(2)11(13-4)14-10(3)15-12/h5-8H2,1-4H3,(H,13,14,15). The molecule has 90 valence electrons. The Balaban J connectivity index is 2.67. The van der Waals surface area contributed by atoms with Gasteiger partial charge in [0.1, 0.15) is 11.6 Å². The number of aromatic nitrogens is 2. The van der Waals surface area contributed by atoms with Crippen LogP contribution in [0.4, 0.5) is 5.82 Å². The topological polar surface area (TPSA) is 47.0 Å². The highest BCUT2D eigenvalue weighted by atomic mass is 16.5. The number of nitrogens with one attached hydrogen (secondary N) is 1. The van der Waals surface area contributed by atoms with E-state index < -0.39 is 0 Å². The van der Waals surface area contributed by atoms with Crippen molar-refractivity contribution in [1.29, 1.82) is 0 Å². The summed E-state index contributed by atoms with van der Waals surface area (Å²) >= 11 is 0. The molecule has 0 bridgehead atoms. The molecule has 0 unspecified atom stereocenters. The van der Waals surface area contributed by atoms with E-state index >= 15 is 0 Å². The van der Waals surface area contributed by atoms with Crippen molar-refractivity contribution < 1.29 is 4.74 Å². The lowest BCUT2D eigenvalue weighted by atomic mass is 10.3. The zero-order chi connectivity index (χ0) is 12.0. The number of nitrogens with zero attached hydrogens (tertiary/aromatic N) is 2. The van der Waals surface area contributed by atoms with Crippen LogP contribution in [0.5, 0.6) is 5.88 Å². The average molecular weight is 223 g/mol. The molecule has 4 nitrogen and oxygen atoms in total. The lowest BCUT2D eigenvalue weighted by molar-refractivity contribution is 0.292. The molecule has 0 aliphatic heterocycles. The molecule has 0 aliphatic rings. The van der Waals surface area contributed by atoms with Gasteiger partial charge in [0, 0.05) is 7.05 Å². The van der Waals surface area contributed by atoms with E-state index in [0.29, 0.717) is 5.88 Å². The Kier molecular flexibility index (Phi) is 5.02. The van der Waals surface area contributed by atoms with Gasteiger partial charge in [-0.25, -0.2) is 4.98 Å². The Morgan fingerprint density at radius 1 is 1.19 bits per heavy atom. The van der Waals surface area contributed by atoms with Crippen LogP contribution in [-0.2, 0) is 0 Å². The van der Waals surface area contributed by atoms with Crippen molar-refractivity contribution in [1.82, 2.24) is 9.97 Å². The van der Waals surface area contributed by atoms with E-state index in [1.54, 1.807) is 0 Å². The highest BCUT2D eigenvalue weighted by Crippen LogP contribution is 2.21. The lowest BCUT2D eigenvalue weighted by Crippen LogP contribution is -2.06. The molecule has 4 heteroatoms. The molecule has 0 fully saturated rings. The Morgan fingerprint density at radius 3 is 2.56 bits per heavy atom. The monoisotopic (exact) mass is 223 g/mol. The van der Waals surface area contributed by atoms with Crippen molar-refractivity contribution in [2.75, 3.05) is 19.0 Å². The highest BCUT2D eigenvalue weighted by Gasteiger charge is 2.08. The normalized spacial score (nSPS) is 10.2. The quantitative estimate of drug-likeness (QED) is 0.753. The SMILES string of the molecule is CCCCCOc1nc(C)nc(NC)c1C. The minimum atomic E-state index is 0.702. The van der Waals surface area contributed by atoms with Crippen LogP contribution in [0.2, 0.25) is 0 Å². The molecule has 0 amide bonds. The summed E-state index contributed by atoms with van der Waals surface area (Å²) in [4.78, 5) is 8.60. The van der Waals surface area contributed by atoms with Gasteiger partial charge in [-0.3, -0.25) is 0 Å². The van der Waals surface area contributed by atoms with E-state index in [1.807, 2.05) is 20.9 Å². The van der Waals surface area contributed by atoms with Gasteiger partial charge < -0.3 is 10.1 Å². The molecule has 1 aromatic rings. The van der Waals surface area contributed by atoms with Gasteiger partial charge in [0.05, 0.1) is 12.2 Å². The van der Waals surface area contributed by atoms with Crippen LogP contribution < -0.4 is 10.1 Å². The van der Waals surface area contributed by atoms with Gasteiger partial charge in [-0.2, -0.15) is 4.98 Å². The fourth-order valence-electron chi connectivity index (χ4n) is 1.51. The molecule has 1 rings (SSSR count). The van der Waals surface area contributed by atoms with Crippen molar-refractivity contribution in [3.63, 3.8) is 0 Å². The predicted molar refractivity (Wildman–Crippen MR) is 66.1 cm³/mol. The van der Waals surface area contributed by atoms with Crippen molar-refractivity contribution in [2.24, 2.45) is 0 Å². The summed E-state index contributed by atoms with van der Waals surface area (Å²) in [5.74, 6) is 2.28. The molecule has 0 radical (unpaired) electrons. The first kappa shape index (κ1) is 12.7. The number of anilines is 1. The van der Waals surface area contributed by atoms with Crippen LogP contribution in [0.15, 0.2) is 0 Å². The molecule has 0 saturated carbocycles. The first-order chi connectivity index (χ1) is 7.69. The van der Waals surface area contributed by atoms with Crippen molar-refractivity contribution >= 4 is 5.82 Å². The summed E-state index contributed by atoms with van der Waals surface area (Å²) in [5, 5.41) is 3.05. The van der Waals surface area contributed by atoms with Crippen LogP contribution in [0.1, 0.15) is 37.6 Å². The number of unbranched alkanes of at least 4 members (excludes halogenated alkanes) is 2. The molecule has 0 aromatic carbocycles. The van der Waals surface area contributed by atoms with Gasteiger partial charge in [0.15, 0.2) is 0 Å². The summed E-state index contributed by atoms with van der Waals surface area (Å²) in [7, 11) is 1.86. The fraction of sp³-hybridized carbons (Fsp3) is 0.667. The van der Waals surface area contributed by atoms with E-state index in [2.05, 4.69) is 22.2 Å². The molecule has 0 atom stereocenters. The van der Waals surface area contributed by atoms with Gasteiger partial charge in [0.2, 0.25) is 5.88 Å². The summed E-state index contributed by atoms with van der Waals surface area (Å²) in [6.45, 7) is 6.76. The minimum Gasteiger partial charge on any atom is -0.477 e. The third-order valence-corrected chi connectivity index (χ3v) is 2.44. The minimum absolute atomic E-state index is 0.702. The fourth-order valence-corrected chi connectivity index (χ4v) is 1.51. The Hall–Kier alpha value is -1.32. The van der Waals surface area contributed by atoms with Crippen LogP contribution in [0, 0.1) is 13.8 Å². The smallest absolute Gasteiger partial charge is 0.221 e. The maximum Gasteiger partial charge on any atom is 0.221 e. The van der Waals surface area contributed by atoms with E-state index in [4.69, 9.17) is 4.74 Å². The number of aryl methyl sites for hydroxylation is 1. The first-order valence-electron chi connectivity index (χ1n) is 5.84. The molecule has 0 spiro atoms. The zero-order valence-electron chi connectivity index (χ0n) is 10.6. The third kappa shape index (κ3) is 3.36. The Bertz CT molecular complexity index is 339. The van der Waals surface area contributed by atoms with E-state index in [0.717, 1.165) is 30.2 Å². The van der Waals surface area contributed by atoms with Crippen LogP contribution in [-0.4, -0.2) is 23.6 Å². The molecule has 1 aromatic heterocycles. The summed E-state index contributed by atoms with van der Waals surface area (Å²) in [5.41, 5.74) is 0.976. The zero-order valence-corrected chi connectivity index (χ0v) is 10.6. The predicted octanol–water partition coefficient (Wildman–Crippen LogP) is 2.70. The molecule has 16 heavy (non-hydrogen) atoms. The van der Waals surface area contributed by atoms with Gasteiger partial charge in [-0.1, -0.05) is 19.8 Å². The van der Waals surface area contributed by atoms with E-state index in [1.165, 1.54) is 12.8 Å². The van der Waals surface area contributed by atoms with Crippen molar-refractivity contribution in [2.45, 2.75) is 40.0 Å². The number of hydrogen-bond acceptors (Lipinski definition) is 4. The van der Waals surface area contributed by atoms with Crippen LogP contribution in [0.3, 0.4) is 0 Å². The second kappa shape index (κ2) is 6.30. The van der Waals surface area contributed by atoms with Gasteiger partial charge >= 0.3 is 0 Å². The summed E-state index contributed by atoms with van der Waals surface area (Å²) < 4.78 is 5.67. The summed E-state index contributed by atoms with van der Waals surface area (Å²) in [6, 6.07) is 0. The number of ether oxygens (including phenoxy) is 1. The van der Waals surface area contributed by atoms with E-state index in [9.17, 15) is 0 Å². The largest absolute Gasteiger partial charge is 0.477 e. The molecule has 0 saturated heterocycles.